The van der Waals surface area contributed by atoms with Gasteiger partial charge in [-0.1, -0.05) is 36.4 Å². The Labute approximate surface area is 126 Å². The lowest BCUT2D eigenvalue weighted by molar-refractivity contribution is -0.137. The first-order valence-electron chi connectivity index (χ1n) is 7.07. The van der Waals surface area contributed by atoms with Gasteiger partial charge in [0, 0.05) is 19.3 Å². The fraction of sp³-hybridized carbons (Fsp3) is 0.235. The topological polar surface area (TPSA) is 16.1 Å². The van der Waals surface area contributed by atoms with Crippen molar-refractivity contribution >= 4 is 11.4 Å². The summed E-state index contributed by atoms with van der Waals surface area (Å²) in [6, 6.07) is 12.3. The molecule has 0 saturated carbocycles. The molecule has 0 bridgehead atoms. The van der Waals surface area contributed by atoms with Crippen molar-refractivity contribution in [2.75, 3.05) is 18.0 Å². The summed E-state index contributed by atoms with van der Waals surface area (Å²) in [5, 5.41) is 0. The molecule has 0 saturated heterocycles. The number of anilines is 1. The van der Waals surface area contributed by atoms with E-state index in [1.54, 1.807) is 4.90 Å². The Hall–Kier alpha value is -2.30. The van der Waals surface area contributed by atoms with Crippen molar-refractivity contribution in [1.29, 1.82) is 0 Å². The molecule has 2 aromatic rings. The van der Waals surface area contributed by atoms with Crippen LogP contribution in [0, 0.1) is 0 Å². The monoisotopic (exact) mass is 304 g/mol. The molecule has 0 radical (unpaired) electrons. The van der Waals surface area contributed by atoms with Gasteiger partial charge in [0.15, 0.2) is 0 Å². The molecule has 3 rings (SSSR count). The highest BCUT2D eigenvalue weighted by molar-refractivity contribution is 5.68. The lowest BCUT2D eigenvalue weighted by atomic mass is 9.99. The molecule has 5 heteroatoms. The summed E-state index contributed by atoms with van der Waals surface area (Å²) in [6.07, 6.45) is -0.292. The van der Waals surface area contributed by atoms with Crippen LogP contribution in [0.25, 0.3) is 5.57 Å². The van der Waals surface area contributed by atoms with Crippen LogP contribution < -0.4 is 4.90 Å². The normalized spacial score (nSPS) is 15.6. The largest absolute Gasteiger partial charge is 0.419 e. The summed E-state index contributed by atoms with van der Waals surface area (Å²) in [6.45, 7) is 0.963. The van der Waals surface area contributed by atoms with E-state index >= 15 is 0 Å². The van der Waals surface area contributed by atoms with E-state index in [0.717, 1.165) is 11.6 Å². The number of benzene rings is 1. The molecule has 1 aromatic heterocycles. The molecule has 2 nitrogen and oxygen atoms in total. The van der Waals surface area contributed by atoms with Gasteiger partial charge >= 0.3 is 6.18 Å². The Kier molecular flexibility index (Phi) is 3.88. The van der Waals surface area contributed by atoms with Crippen molar-refractivity contribution in [3.05, 3.63) is 65.9 Å². The third kappa shape index (κ3) is 2.98. The van der Waals surface area contributed by atoms with Gasteiger partial charge in [-0.05, 0) is 29.7 Å². The first-order chi connectivity index (χ1) is 10.6. The molecule has 0 spiro atoms. The maximum Gasteiger partial charge on any atom is 0.419 e. The molecular weight excluding hydrogens is 289 g/mol. The van der Waals surface area contributed by atoms with E-state index in [1.165, 1.54) is 17.8 Å². The van der Waals surface area contributed by atoms with Gasteiger partial charge < -0.3 is 4.90 Å². The SMILES string of the molecule is FC(F)(F)c1cccnc1N1CC=C(c2ccccc2)CC1. The number of nitrogens with zero attached hydrogens (tertiary/aromatic N) is 2. The maximum atomic E-state index is 13.1. The minimum Gasteiger partial charge on any atom is -0.352 e. The Morgan fingerprint density at radius 2 is 1.77 bits per heavy atom. The zero-order valence-electron chi connectivity index (χ0n) is 11.8. The van der Waals surface area contributed by atoms with Gasteiger partial charge in [0.25, 0.3) is 0 Å². The average Bonchev–Trinajstić information content (AvgIpc) is 2.55. The second-order valence-corrected chi connectivity index (χ2v) is 5.16. The molecule has 22 heavy (non-hydrogen) atoms. The summed E-state index contributed by atoms with van der Waals surface area (Å²) in [4.78, 5) is 5.62. The average molecular weight is 304 g/mol. The predicted molar refractivity (Wildman–Crippen MR) is 80.5 cm³/mol. The summed E-state index contributed by atoms with van der Waals surface area (Å²) >= 11 is 0. The fourth-order valence-corrected chi connectivity index (χ4v) is 2.65. The molecule has 0 N–H and O–H groups in total. The van der Waals surface area contributed by atoms with Gasteiger partial charge in [0.05, 0.1) is 5.56 Å². The van der Waals surface area contributed by atoms with Gasteiger partial charge in [-0.25, -0.2) is 4.98 Å². The number of aromatic nitrogens is 1. The van der Waals surface area contributed by atoms with Gasteiger partial charge in [-0.2, -0.15) is 13.2 Å². The number of alkyl halides is 3. The van der Waals surface area contributed by atoms with E-state index in [2.05, 4.69) is 4.98 Å². The second-order valence-electron chi connectivity index (χ2n) is 5.16. The Morgan fingerprint density at radius 1 is 1.00 bits per heavy atom. The molecule has 0 fully saturated rings. The highest BCUT2D eigenvalue weighted by atomic mass is 19.4. The molecule has 2 heterocycles. The molecule has 114 valence electrons. The predicted octanol–water partition coefficient (Wildman–Crippen LogP) is 4.39. The van der Waals surface area contributed by atoms with Crippen molar-refractivity contribution in [3.8, 4) is 0 Å². The van der Waals surface area contributed by atoms with Gasteiger partial charge in [0.1, 0.15) is 5.82 Å². The smallest absolute Gasteiger partial charge is 0.352 e. The number of hydrogen-bond acceptors (Lipinski definition) is 2. The fourth-order valence-electron chi connectivity index (χ4n) is 2.65. The van der Waals surface area contributed by atoms with Crippen LogP contribution in [-0.2, 0) is 6.18 Å². The zero-order valence-corrected chi connectivity index (χ0v) is 11.8. The van der Waals surface area contributed by atoms with Crippen LogP contribution in [0.1, 0.15) is 17.5 Å². The van der Waals surface area contributed by atoms with Crippen molar-refractivity contribution in [2.24, 2.45) is 0 Å². The quantitative estimate of drug-likeness (QED) is 0.818. The molecule has 1 aliphatic rings. The van der Waals surface area contributed by atoms with Crippen molar-refractivity contribution in [3.63, 3.8) is 0 Å². The molecule has 0 amide bonds. The van der Waals surface area contributed by atoms with Crippen LogP contribution in [0.5, 0.6) is 0 Å². The van der Waals surface area contributed by atoms with Crippen LogP contribution in [0.15, 0.2) is 54.7 Å². The van der Waals surface area contributed by atoms with Crippen molar-refractivity contribution < 1.29 is 13.2 Å². The summed E-state index contributed by atoms with van der Waals surface area (Å²) in [5.41, 5.74) is 1.62. The minimum atomic E-state index is -4.38. The minimum absolute atomic E-state index is 0.0124. The Balaban J connectivity index is 1.84. The molecule has 0 atom stereocenters. The van der Waals surface area contributed by atoms with E-state index in [0.29, 0.717) is 19.5 Å². The second kappa shape index (κ2) is 5.83. The van der Waals surface area contributed by atoms with Crippen LogP contribution in [-0.4, -0.2) is 18.1 Å². The highest BCUT2D eigenvalue weighted by Gasteiger charge is 2.35. The summed E-state index contributed by atoms with van der Waals surface area (Å²) in [7, 11) is 0. The maximum absolute atomic E-state index is 13.1. The van der Waals surface area contributed by atoms with Gasteiger partial charge in [-0.15, -0.1) is 0 Å². The van der Waals surface area contributed by atoms with Crippen LogP contribution in [0.3, 0.4) is 0 Å². The number of halogens is 3. The first-order valence-corrected chi connectivity index (χ1v) is 7.07. The molecule has 1 aliphatic heterocycles. The van der Waals surface area contributed by atoms with Crippen LogP contribution in [0.2, 0.25) is 0 Å². The third-order valence-corrected chi connectivity index (χ3v) is 3.75. The lowest BCUT2D eigenvalue weighted by Crippen LogP contribution is -2.31. The molecule has 0 aliphatic carbocycles. The molecule has 0 unspecified atom stereocenters. The van der Waals surface area contributed by atoms with E-state index in [1.807, 2.05) is 36.4 Å². The van der Waals surface area contributed by atoms with Crippen molar-refractivity contribution in [1.82, 2.24) is 4.98 Å². The van der Waals surface area contributed by atoms with Crippen LogP contribution in [0.4, 0.5) is 19.0 Å². The van der Waals surface area contributed by atoms with Gasteiger partial charge in [0.2, 0.25) is 0 Å². The first kappa shape index (κ1) is 14.6. The van der Waals surface area contributed by atoms with Crippen molar-refractivity contribution in [2.45, 2.75) is 12.6 Å². The van der Waals surface area contributed by atoms with E-state index < -0.39 is 11.7 Å². The summed E-state index contributed by atoms with van der Waals surface area (Å²) < 4.78 is 39.2. The number of pyridine rings is 1. The Bertz CT molecular complexity index is 678. The molecular formula is C17H15F3N2. The van der Waals surface area contributed by atoms with Gasteiger partial charge in [-0.3, -0.25) is 0 Å². The number of hydrogen-bond donors (Lipinski definition) is 0. The zero-order chi connectivity index (χ0) is 15.6. The number of rotatable bonds is 2. The van der Waals surface area contributed by atoms with E-state index in [4.69, 9.17) is 0 Å². The molecule has 1 aromatic carbocycles. The van der Waals surface area contributed by atoms with E-state index in [9.17, 15) is 13.2 Å². The summed E-state index contributed by atoms with van der Waals surface area (Å²) in [5.74, 6) is 0.0124. The lowest BCUT2D eigenvalue weighted by Gasteiger charge is -2.29. The Morgan fingerprint density at radius 3 is 2.41 bits per heavy atom. The standard InChI is InChI=1S/C17H15F3N2/c18-17(19,20)15-7-4-10-21-16(15)22-11-8-14(9-12-22)13-5-2-1-3-6-13/h1-8,10H,9,11-12H2. The third-order valence-electron chi connectivity index (χ3n) is 3.75. The van der Waals surface area contributed by atoms with Crippen LogP contribution >= 0.6 is 0 Å². The highest BCUT2D eigenvalue weighted by Crippen LogP contribution is 2.36. The van der Waals surface area contributed by atoms with E-state index in [-0.39, 0.29) is 5.82 Å².